The van der Waals surface area contributed by atoms with Gasteiger partial charge in [-0.1, -0.05) is 0 Å². The van der Waals surface area contributed by atoms with Crippen molar-refractivity contribution in [1.29, 1.82) is 0 Å². The van der Waals surface area contributed by atoms with Crippen LogP contribution in [0.1, 0.15) is 77.1 Å². The fourth-order valence-corrected chi connectivity index (χ4v) is 6.66. The Morgan fingerprint density at radius 3 is 2.49 bits per heavy atom. The minimum Gasteiger partial charge on any atom is -0.388 e. The second-order valence-corrected chi connectivity index (χ2v) is 13.9. The topological polar surface area (TPSA) is 157 Å². The molecule has 12 heteroatoms. The zero-order valence-electron chi connectivity index (χ0n) is 24.2. The van der Waals surface area contributed by atoms with Gasteiger partial charge in [0.2, 0.25) is 5.95 Å². The molecule has 6 N–H and O–H groups in total. The monoisotopic (exact) mass is 580 g/mol. The highest BCUT2D eigenvalue weighted by atomic mass is 32.1. The number of fused-ring (bicyclic) bond motifs is 1. The number of nitrogens with zero attached hydrogens (tertiary/aromatic N) is 4. The Morgan fingerprint density at radius 2 is 1.80 bits per heavy atom. The van der Waals surface area contributed by atoms with E-state index in [0.717, 1.165) is 45.0 Å². The third-order valence-electron chi connectivity index (χ3n) is 8.10. The third kappa shape index (κ3) is 6.09. The van der Waals surface area contributed by atoms with Gasteiger partial charge in [-0.15, -0.1) is 11.3 Å². The summed E-state index contributed by atoms with van der Waals surface area (Å²) in [5, 5.41) is 35.2. The fourth-order valence-electron chi connectivity index (χ4n) is 5.59. The first-order chi connectivity index (χ1) is 19.5. The van der Waals surface area contributed by atoms with E-state index < -0.39 is 29.8 Å². The number of rotatable bonds is 8. The number of aliphatic hydroxyl groups excluding tert-OH is 2. The van der Waals surface area contributed by atoms with Gasteiger partial charge in [-0.25, -0.2) is 14.8 Å². The highest BCUT2D eigenvalue weighted by Crippen LogP contribution is 2.44. The first-order valence-electron chi connectivity index (χ1n) is 14.6. The zero-order valence-corrected chi connectivity index (χ0v) is 25.0. The lowest BCUT2D eigenvalue weighted by atomic mass is 10.1. The van der Waals surface area contributed by atoms with E-state index >= 15 is 0 Å². The van der Waals surface area contributed by atoms with E-state index in [1.807, 2.05) is 40.0 Å². The normalized spacial score (nSPS) is 25.2. The predicted molar refractivity (Wildman–Crippen MR) is 160 cm³/mol. The molecule has 0 aliphatic heterocycles. The Bertz CT molecular complexity index is 1450. The van der Waals surface area contributed by atoms with Crippen molar-refractivity contribution in [3.05, 3.63) is 23.7 Å². The van der Waals surface area contributed by atoms with Crippen LogP contribution in [0.15, 0.2) is 12.3 Å². The number of urea groups is 1. The van der Waals surface area contributed by atoms with Crippen LogP contribution in [0.4, 0.5) is 16.6 Å². The minimum absolute atomic E-state index is 0.247. The maximum Gasteiger partial charge on any atom is 0.315 e. The van der Waals surface area contributed by atoms with Gasteiger partial charge in [0, 0.05) is 23.7 Å². The van der Waals surface area contributed by atoms with Crippen LogP contribution in [0.3, 0.4) is 0 Å². The number of carbonyl (C=O) groups excluding carboxylic acids is 1. The number of pyridine rings is 1. The third-order valence-corrected chi connectivity index (χ3v) is 9.14. The zero-order chi connectivity index (χ0) is 29.1. The second-order valence-electron chi connectivity index (χ2n) is 12.9. The van der Waals surface area contributed by atoms with Gasteiger partial charge in [-0.05, 0) is 78.7 Å². The molecule has 0 spiro atoms. The molecular formula is C29H40N8O3S. The average Bonchev–Trinajstić information content (AvgIpc) is 3.81. The van der Waals surface area contributed by atoms with Crippen LogP contribution in [0.5, 0.6) is 0 Å². The fraction of sp³-hybridized carbons (Fsp3) is 0.621. The molecule has 6 rings (SSSR count). The van der Waals surface area contributed by atoms with Crippen molar-refractivity contribution in [2.75, 3.05) is 10.6 Å². The Balaban J connectivity index is 1.32. The Hall–Kier alpha value is -3.09. The van der Waals surface area contributed by atoms with Gasteiger partial charge >= 0.3 is 6.03 Å². The molecule has 11 nitrogen and oxygen atoms in total. The summed E-state index contributed by atoms with van der Waals surface area (Å²) in [6.45, 7) is 9.75. The highest BCUT2D eigenvalue weighted by Gasteiger charge is 2.43. The molecule has 3 aliphatic rings. The van der Waals surface area contributed by atoms with E-state index in [1.165, 1.54) is 12.8 Å². The number of anilines is 2. The van der Waals surface area contributed by atoms with Crippen molar-refractivity contribution in [3.8, 4) is 10.6 Å². The molecule has 5 atom stereocenters. The maximum atomic E-state index is 12.5. The molecule has 3 aliphatic carbocycles. The van der Waals surface area contributed by atoms with Crippen LogP contribution in [0.25, 0.3) is 20.8 Å². The largest absolute Gasteiger partial charge is 0.388 e. The molecular weight excluding hydrogens is 540 g/mol. The molecule has 0 unspecified atom stereocenters. The molecule has 41 heavy (non-hydrogen) atoms. The van der Waals surface area contributed by atoms with E-state index in [9.17, 15) is 15.0 Å². The summed E-state index contributed by atoms with van der Waals surface area (Å²) < 4.78 is 1.07. The quantitative estimate of drug-likeness (QED) is 0.232. The SMILES string of the molecule is Cc1nc(N[C@H](C)C2CC2)nc(N[C@@H]2C[C@H](NC(=O)NC(C)(C)C)[C@@H](O)[C@H]2O)c1-c1nc2c(C3CC3)nccc2s1. The lowest BCUT2D eigenvalue weighted by molar-refractivity contribution is 0.0280. The summed E-state index contributed by atoms with van der Waals surface area (Å²) in [5.74, 6) is 2.14. The number of carbonyl (C=O) groups is 1. The van der Waals surface area contributed by atoms with Crippen LogP contribution < -0.4 is 21.3 Å². The van der Waals surface area contributed by atoms with Crippen LogP contribution in [-0.2, 0) is 0 Å². The number of hydrogen-bond acceptors (Lipinski definition) is 10. The smallest absolute Gasteiger partial charge is 0.315 e. The van der Waals surface area contributed by atoms with Crippen molar-refractivity contribution in [1.82, 2.24) is 30.6 Å². The molecule has 0 aromatic carbocycles. The lowest BCUT2D eigenvalue weighted by Gasteiger charge is -2.24. The summed E-state index contributed by atoms with van der Waals surface area (Å²) in [5.41, 5.74) is 3.08. The van der Waals surface area contributed by atoms with Crippen molar-refractivity contribution in [2.45, 2.75) is 109 Å². The van der Waals surface area contributed by atoms with Crippen LogP contribution in [-0.4, -0.2) is 72.1 Å². The number of amides is 2. The summed E-state index contributed by atoms with van der Waals surface area (Å²) in [4.78, 5) is 31.9. The number of thiazole rings is 1. The summed E-state index contributed by atoms with van der Waals surface area (Å²) in [7, 11) is 0. The number of nitrogens with one attached hydrogen (secondary N) is 4. The van der Waals surface area contributed by atoms with Gasteiger partial charge in [-0.3, -0.25) is 4.98 Å². The van der Waals surface area contributed by atoms with Crippen molar-refractivity contribution in [2.24, 2.45) is 5.92 Å². The first kappa shape index (κ1) is 28.0. The van der Waals surface area contributed by atoms with Gasteiger partial charge in [0.1, 0.15) is 28.6 Å². The van der Waals surface area contributed by atoms with E-state index in [4.69, 9.17) is 15.0 Å². The van der Waals surface area contributed by atoms with E-state index in [0.29, 0.717) is 30.0 Å². The molecule has 0 saturated heterocycles. The Morgan fingerprint density at radius 1 is 1.07 bits per heavy atom. The summed E-state index contributed by atoms with van der Waals surface area (Å²) >= 11 is 1.58. The van der Waals surface area contributed by atoms with E-state index in [-0.39, 0.29) is 12.1 Å². The number of aryl methyl sites for hydroxylation is 1. The Kier molecular flexibility index (Phi) is 7.27. The van der Waals surface area contributed by atoms with Gasteiger partial charge < -0.3 is 31.5 Å². The van der Waals surface area contributed by atoms with Crippen LogP contribution in [0, 0.1) is 12.8 Å². The number of hydrogen-bond donors (Lipinski definition) is 6. The summed E-state index contributed by atoms with van der Waals surface area (Å²) in [6.07, 6.45) is 4.60. The minimum atomic E-state index is -1.13. The van der Waals surface area contributed by atoms with Gasteiger partial charge in [0.05, 0.1) is 33.7 Å². The highest BCUT2D eigenvalue weighted by molar-refractivity contribution is 7.21. The molecule has 3 aromatic rings. The number of aromatic nitrogens is 4. The lowest BCUT2D eigenvalue weighted by Crippen LogP contribution is -2.52. The van der Waals surface area contributed by atoms with Gasteiger partial charge in [0.25, 0.3) is 0 Å². The molecule has 3 saturated carbocycles. The van der Waals surface area contributed by atoms with Crippen molar-refractivity contribution in [3.63, 3.8) is 0 Å². The van der Waals surface area contributed by atoms with Crippen LogP contribution >= 0.6 is 11.3 Å². The van der Waals surface area contributed by atoms with Crippen molar-refractivity contribution < 1.29 is 15.0 Å². The second kappa shape index (κ2) is 10.6. The van der Waals surface area contributed by atoms with Gasteiger partial charge in [-0.2, -0.15) is 4.98 Å². The predicted octanol–water partition coefficient (Wildman–Crippen LogP) is 3.92. The average molecular weight is 581 g/mol. The van der Waals surface area contributed by atoms with Gasteiger partial charge in [0.15, 0.2) is 0 Å². The summed E-state index contributed by atoms with van der Waals surface area (Å²) in [6, 6.07) is 0.678. The molecule has 0 bridgehead atoms. The number of aliphatic hydroxyl groups is 2. The Labute approximate surface area is 244 Å². The molecule has 2 amide bonds. The maximum absolute atomic E-state index is 12.5. The standard InChI is InChI=1S/C29H40N8O3S/c1-13(15-6-7-15)31-27-32-14(2)20(26-35-22-19(41-26)10-11-30-21(22)16-8-9-16)25(36-27)33-17-12-18(24(39)23(17)38)34-28(40)37-29(3,4)5/h10-11,13,15-18,23-24,38-39H,6-9,12H2,1-5H3,(H2,34,37,40)(H2,31,32,33,36)/t13-,17-,18+,23+,24-/m1/s1. The molecule has 3 fully saturated rings. The first-order valence-corrected chi connectivity index (χ1v) is 15.4. The van der Waals surface area contributed by atoms with Crippen molar-refractivity contribution >= 4 is 39.4 Å². The van der Waals surface area contributed by atoms with Crippen LogP contribution in [0.2, 0.25) is 0 Å². The van der Waals surface area contributed by atoms with E-state index in [1.54, 1.807) is 11.3 Å². The molecule has 220 valence electrons. The molecule has 3 aromatic heterocycles. The molecule has 3 heterocycles. The van der Waals surface area contributed by atoms with E-state index in [2.05, 4.69) is 33.2 Å². The molecule has 0 radical (unpaired) electrons.